The van der Waals surface area contributed by atoms with Crippen molar-refractivity contribution in [1.82, 2.24) is 4.98 Å². The van der Waals surface area contributed by atoms with Gasteiger partial charge < -0.3 is 10.1 Å². The van der Waals surface area contributed by atoms with Crippen LogP contribution in [0.25, 0.3) is 0 Å². The fourth-order valence-electron chi connectivity index (χ4n) is 3.90. The van der Waals surface area contributed by atoms with E-state index in [1.54, 1.807) is 0 Å². The number of ether oxygens (including phenoxy) is 1. The van der Waals surface area contributed by atoms with E-state index in [0.29, 0.717) is 24.0 Å². The van der Waals surface area contributed by atoms with Gasteiger partial charge in [-0.2, -0.15) is 0 Å². The summed E-state index contributed by atoms with van der Waals surface area (Å²) in [5.41, 5.74) is 3.91. The number of benzene rings is 1. The Morgan fingerprint density at radius 2 is 2.12 bits per heavy atom. The molecular weight excluding hydrogens is 300 g/mol. The smallest absolute Gasteiger partial charge is 0.340 e. The van der Waals surface area contributed by atoms with E-state index in [2.05, 4.69) is 28.5 Å². The molecule has 2 heterocycles. The number of esters is 1. The first-order chi connectivity index (χ1) is 11.8. The zero-order chi connectivity index (χ0) is 16.5. The molecule has 0 saturated heterocycles. The summed E-state index contributed by atoms with van der Waals surface area (Å²) in [5, 5.41) is 3.62. The molecular formula is C20H20N2O2. The fraction of sp³-hybridized carbons (Fsp3) is 0.300. The summed E-state index contributed by atoms with van der Waals surface area (Å²) in [4.78, 5) is 16.5. The van der Waals surface area contributed by atoms with E-state index in [1.165, 1.54) is 11.1 Å². The van der Waals surface area contributed by atoms with E-state index in [0.717, 1.165) is 12.1 Å². The second kappa shape index (κ2) is 6.11. The van der Waals surface area contributed by atoms with Gasteiger partial charge in [0.2, 0.25) is 0 Å². The maximum absolute atomic E-state index is 12.4. The van der Waals surface area contributed by atoms with Crippen molar-refractivity contribution in [1.29, 1.82) is 0 Å². The van der Waals surface area contributed by atoms with Gasteiger partial charge in [0, 0.05) is 18.3 Å². The number of hydrogen-bond acceptors (Lipinski definition) is 4. The number of aromatic nitrogens is 1. The molecule has 122 valence electrons. The van der Waals surface area contributed by atoms with Crippen LogP contribution in [-0.4, -0.2) is 17.6 Å². The van der Waals surface area contributed by atoms with Gasteiger partial charge >= 0.3 is 5.97 Å². The molecule has 24 heavy (non-hydrogen) atoms. The molecule has 0 bridgehead atoms. The highest BCUT2D eigenvalue weighted by Crippen LogP contribution is 2.50. The van der Waals surface area contributed by atoms with Crippen LogP contribution in [0.15, 0.2) is 54.9 Å². The minimum atomic E-state index is -0.268. The number of nitrogens with one attached hydrogen (secondary N) is 1. The number of pyridine rings is 1. The highest BCUT2D eigenvalue weighted by molar-refractivity contribution is 5.97. The molecule has 4 rings (SSSR count). The van der Waals surface area contributed by atoms with Gasteiger partial charge in [0.05, 0.1) is 23.9 Å². The molecule has 0 spiro atoms. The summed E-state index contributed by atoms with van der Waals surface area (Å²) in [6, 6.07) is 10.2. The number of anilines is 1. The molecule has 1 N–H and O–H groups in total. The molecule has 0 saturated carbocycles. The second-order valence-corrected chi connectivity index (χ2v) is 6.25. The van der Waals surface area contributed by atoms with Crippen LogP contribution in [0.5, 0.6) is 0 Å². The third-order valence-electron chi connectivity index (χ3n) is 4.96. The Morgan fingerprint density at radius 1 is 1.29 bits per heavy atom. The summed E-state index contributed by atoms with van der Waals surface area (Å²) < 4.78 is 5.24. The normalized spacial score (nSPS) is 24.0. The number of carbonyl (C=O) groups is 1. The fourth-order valence-corrected chi connectivity index (χ4v) is 3.90. The summed E-state index contributed by atoms with van der Waals surface area (Å²) >= 11 is 0. The number of hydrogen-bond donors (Lipinski definition) is 1. The van der Waals surface area contributed by atoms with Crippen molar-refractivity contribution in [2.24, 2.45) is 5.92 Å². The Morgan fingerprint density at radius 3 is 2.92 bits per heavy atom. The topological polar surface area (TPSA) is 51.2 Å². The molecule has 2 aliphatic rings. The van der Waals surface area contributed by atoms with Gasteiger partial charge in [-0.1, -0.05) is 24.3 Å². The van der Waals surface area contributed by atoms with Crippen LogP contribution < -0.4 is 5.32 Å². The average molecular weight is 320 g/mol. The third-order valence-corrected chi connectivity index (χ3v) is 4.96. The summed E-state index contributed by atoms with van der Waals surface area (Å²) in [7, 11) is 0. The maximum Gasteiger partial charge on any atom is 0.340 e. The highest BCUT2D eigenvalue weighted by atomic mass is 16.5. The lowest BCUT2D eigenvalue weighted by atomic mass is 9.76. The molecule has 0 radical (unpaired) electrons. The molecule has 1 aromatic heterocycles. The number of rotatable bonds is 3. The van der Waals surface area contributed by atoms with Crippen LogP contribution in [0, 0.1) is 5.92 Å². The molecule has 1 aliphatic carbocycles. The van der Waals surface area contributed by atoms with E-state index < -0.39 is 0 Å². The SMILES string of the molecule is CCOC(=O)c1cccc2c1N[C@@H](c1ccncc1)[C@H]1CC=C[C@@H]21. The third kappa shape index (κ3) is 2.39. The van der Waals surface area contributed by atoms with Crippen molar-refractivity contribution in [2.45, 2.75) is 25.3 Å². The largest absolute Gasteiger partial charge is 0.462 e. The lowest BCUT2D eigenvalue weighted by Gasteiger charge is -2.38. The number of carbonyl (C=O) groups excluding carboxylic acids is 1. The highest BCUT2D eigenvalue weighted by Gasteiger charge is 2.39. The van der Waals surface area contributed by atoms with Crippen molar-refractivity contribution < 1.29 is 9.53 Å². The summed E-state index contributed by atoms with van der Waals surface area (Å²) in [5.74, 6) is 0.516. The van der Waals surface area contributed by atoms with Gasteiger partial charge in [0.15, 0.2) is 0 Å². The zero-order valence-corrected chi connectivity index (χ0v) is 13.6. The van der Waals surface area contributed by atoms with Crippen LogP contribution in [-0.2, 0) is 4.74 Å². The number of fused-ring (bicyclic) bond motifs is 3. The molecule has 4 nitrogen and oxygen atoms in total. The minimum absolute atomic E-state index is 0.163. The minimum Gasteiger partial charge on any atom is -0.462 e. The Bertz CT molecular complexity index is 785. The van der Waals surface area contributed by atoms with E-state index >= 15 is 0 Å². The molecule has 2 aromatic rings. The van der Waals surface area contributed by atoms with Crippen molar-refractivity contribution in [3.05, 3.63) is 71.6 Å². The Kier molecular flexibility index (Phi) is 3.81. The first-order valence-corrected chi connectivity index (χ1v) is 8.42. The van der Waals surface area contributed by atoms with Gasteiger partial charge in [-0.05, 0) is 48.6 Å². The van der Waals surface area contributed by atoms with Crippen LogP contribution in [0.2, 0.25) is 0 Å². The molecule has 0 unspecified atom stereocenters. The molecule has 1 aromatic carbocycles. The summed E-state index contributed by atoms with van der Waals surface area (Å²) in [6.07, 6.45) is 9.20. The second-order valence-electron chi connectivity index (χ2n) is 6.25. The lowest BCUT2D eigenvalue weighted by molar-refractivity contribution is 0.0527. The predicted octanol–water partition coefficient (Wildman–Crippen LogP) is 4.08. The van der Waals surface area contributed by atoms with E-state index in [1.807, 2.05) is 43.6 Å². The lowest BCUT2D eigenvalue weighted by Crippen LogP contribution is -2.30. The number of para-hydroxylation sites is 1. The maximum atomic E-state index is 12.4. The van der Waals surface area contributed by atoms with E-state index in [4.69, 9.17) is 4.74 Å². The first-order valence-electron chi connectivity index (χ1n) is 8.42. The first kappa shape index (κ1) is 14.9. The van der Waals surface area contributed by atoms with Crippen LogP contribution >= 0.6 is 0 Å². The molecule has 4 heteroatoms. The van der Waals surface area contributed by atoms with Crippen LogP contribution in [0.4, 0.5) is 5.69 Å². The van der Waals surface area contributed by atoms with Gasteiger partial charge in [-0.25, -0.2) is 4.79 Å². The summed E-state index contributed by atoms with van der Waals surface area (Å²) in [6.45, 7) is 2.21. The van der Waals surface area contributed by atoms with Crippen molar-refractivity contribution in [2.75, 3.05) is 11.9 Å². The van der Waals surface area contributed by atoms with Gasteiger partial charge in [-0.15, -0.1) is 0 Å². The van der Waals surface area contributed by atoms with E-state index in [-0.39, 0.29) is 12.0 Å². The van der Waals surface area contributed by atoms with Gasteiger partial charge in [-0.3, -0.25) is 4.98 Å². The van der Waals surface area contributed by atoms with Crippen molar-refractivity contribution in [3.8, 4) is 0 Å². The van der Waals surface area contributed by atoms with Gasteiger partial charge in [0.25, 0.3) is 0 Å². The predicted molar refractivity (Wildman–Crippen MR) is 93.0 cm³/mol. The molecule has 1 aliphatic heterocycles. The zero-order valence-electron chi connectivity index (χ0n) is 13.6. The van der Waals surface area contributed by atoms with Crippen LogP contribution in [0.3, 0.4) is 0 Å². The molecule has 3 atom stereocenters. The monoisotopic (exact) mass is 320 g/mol. The molecule has 0 amide bonds. The van der Waals surface area contributed by atoms with E-state index in [9.17, 15) is 4.79 Å². The number of allylic oxidation sites excluding steroid dienone is 2. The number of nitrogens with zero attached hydrogens (tertiary/aromatic N) is 1. The van der Waals surface area contributed by atoms with Crippen LogP contribution in [0.1, 0.15) is 46.8 Å². The quantitative estimate of drug-likeness (QED) is 0.684. The Balaban J connectivity index is 1.80. The van der Waals surface area contributed by atoms with Crippen molar-refractivity contribution >= 4 is 11.7 Å². The Labute approximate surface area is 141 Å². The molecule has 0 fully saturated rings. The standard InChI is InChI=1S/C20H20N2O2/c1-2-24-20(23)17-8-4-7-16-14-5-3-6-15(14)18(22-19(16)17)13-9-11-21-12-10-13/h3-5,7-12,14-15,18,22H,2,6H2,1H3/t14-,15+,18+/m1/s1. The van der Waals surface area contributed by atoms with Gasteiger partial charge in [0.1, 0.15) is 0 Å². The van der Waals surface area contributed by atoms with Crippen molar-refractivity contribution in [3.63, 3.8) is 0 Å². The Hall–Kier alpha value is -2.62. The average Bonchev–Trinajstić information content (AvgIpc) is 3.11.